The lowest BCUT2D eigenvalue weighted by Crippen LogP contribution is -2.18. The van der Waals surface area contributed by atoms with Crippen LogP contribution in [0.15, 0.2) is 42.5 Å². The van der Waals surface area contributed by atoms with E-state index in [9.17, 15) is 13.2 Å². The molecule has 106 valence electrons. The van der Waals surface area contributed by atoms with Crippen molar-refractivity contribution in [2.24, 2.45) is 5.73 Å². The molecule has 0 bridgehead atoms. The largest absolute Gasteiger partial charge is 0.416 e. The van der Waals surface area contributed by atoms with E-state index in [2.05, 4.69) is 0 Å². The highest BCUT2D eigenvalue weighted by Gasteiger charge is 2.34. The number of nitrogens with two attached hydrogens (primary N) is 1. The summed E-state index contributed by atoms with van der Waals surface area (Å²) < 4.78 is 39.1. The van der Waals surface area contributed by atoms with Crippen molar-refractivity contribution in [2.75, 3.05) is 0 Å². The van der Waals surface area contributed by atoms with E-state index >= 15 is 0 Å². The molecule has 0 saturated carbocycles. The molecule has 0 fully saturated rings. The van der Waals surface area contributed by atoms with Gasteiger partial charge in [0.25, 0.3) is 0 Å². The molecular weight excluding hydrogens is 263 g/mol. The molecule has 0 aliphatic carbocycles. The zero-order chi connectivity index (χ0) is 14.9. The fourth-order valence-corrected chi connectivity index (χ4v) is 2.40. The quantitative estimate of drug-likeness (QED) is 0.868. The topological polar surface area (TPSA) is 26.0 Å². The van der Waals surface area contributed by atoms with Crippen LogP contribution < -0.4 is 5.73 Å². The molecule has 4 heteroatoms. The van der Waals surface area contributed by atoms with Gasteiger partial charge in [0.15, 0.2) is 0 Å². The van der Waals surface area contributed by atoms with E-state index in [1.54, 1.807) is 6.07 Å². The maximum atomic E-state index is 13.0. The van der Waals surface area contributed by atoms with Crippen LogP contribution in [0.25, 0.3) is 0 Å². The van der Waals surface area contributed by atoms with Gasteiger partial charge in [0.2, 0.25) is 0 Å². The van der Waals surface area contributed by atoms with E-state index in [-0.39, 0.29) is 5.56 Å². The molecule has 2 N–H and O–H groups in total. The fraction of sp³-hybridized carbons (Fsp3) is 0.250. The molecule has 1 nitrogen and oxygen atoms in total. The van der Waals surface area contributed by atoms with Gasteiger partial charge in [-0.15, -0.1) is 0 Å². The van der Waals surface area contributed by atoms with Gasteiger partial charge in [0, 0.05) is 0 Å². The van der Waals surface area contributed by atoms with Crippen LogP contribution in [0.2, 0.25) is 0 Å². The predicted octanol–water partition coefficient (Wildman–Crippen LogP) is 4.37. The second kappa shape index (κ2) is 5.29. The summed E-state index contributed by atoms with van der Waals surface area (Å²) in [7, 11) is 0. The standard InChI is InChI=1S/C16H16F3N/c1-10-7-11(2)9-12(8-10)15(20)13-5-3-4-6-14(13)16(17,18)19/h3-9,15H,20H2,1-2H3. The van der Waals surface area contributed by atoms with E-state index in [0.717, 1.165) is 17.2 Å². The molecule has 0 saturated heterocycles. The Bertz CT molecular complexity index is 597. The van der Waals surface area contributed by atoms with E-state index in [1.165, 1.54) is 12.1 Å². The first-order valence-corrected chi connectivity index (χ1v) is 6.29. The number of benzene rings is 2. The van der Waals surface area contributed by atoms with Crippen LogP contribution in [0.3, 0.4) is 0 Å². The van der Waals surface area contributed by atoms with Crippen molar-refractivity contribution >= 4 is 0 Å². The van der Waals surface area contributed by atoms with Crippen molar-refractivity contribution in [1.82, 2.24) is 0 Å². The molecular formula is C16H16F3N. The third-order valence-corrected chi connectivity index (χ3v) is 3.20. The number of rotatable bonds is 2. The zero-order valence-electron chi connectivity index (χ0n) is 11.3. The van der Waals surface area contributed by atoms with E-state index in [4.69, 9.17) is 5.73 Å². The summed E-state index contributed by atoms with van der Waals surface area (Å²) in [5.41, 5.74) is 8.14. The van der Waals surface area contributed by atoms with Gasteiger partial charge in [-0.2, -0.15) is 13.2 Å². The van der Waals surface area contributed by atoms with Gasteiger partial charge in [-0.05, 0) is 31.0 Å². The molecule has 2 aromatic carbocycles. The summed E-state index contributed by atoms with van der Waals surface area (Å²) in [6, 6.07) is 10.3. The minimum Gasteiger partial charge on any atom is -0.320 e. The first kappa shape index (κ1) is 14.6. The lowest BCUT2D eigenvalue weighted by atomic mass is 9.93. The van der Waals surface area contributed by atoms with Gasteiger partial charge in [-0.3, -0.25) is 0 Å². The normalized spacial score (nSPS) is 13.3. The summed E-state index contributed by atoms with van der Waals surface area (Å²) in [5, 5.41) is 0. The summed E-state index contributed by atoms with van der Waals surface area (Å²) in [4.78, 5) is 0. The molecule has 20 heavy (non-hydrogen) atoms. The van der Waals surface area contributed by atoms with E-state index in [1.807, 2.05) is 32.0 Å². The highest BCUT2D eigenvalue weighted by atomic mass is 19.4. The van der Waals surface area contributed by atoms with Crippen molar-refractivity contribution in [1.29, 1.82) is 0 Å². The number of hydrogen-bond donors (Lipinski definition) is 1. The SMILES string of the molecule is Cc1cc(C)cc(C(N)c2ccccc2C(F)(F)F)c1. The molecule has 0 aliphatic rings. The molecule has 1 atom stereocenters. The molecule has 1 unspecified atom stereocenters. The zero-order valence-corrected chi connectivity index (χ0v) is 11.3. The molecule has 0 spiro atoms. The average Bonchev–Trinajstić information content (AvgIpc) is 2.35. The van der Waals surface area contributed by atoms with Crippen molar-refractivity contribution in [3.63, 3.8) is 0 Å². The Balaban J connectivity index is 2.51. The number of hydrogen-bond acceptors (Lipinski definition) is 1. The van der Waals surface area contributed by atoms with Crippen molar-refractivity contribution in [3.8, 4) is 0 Å². The lowest BCUT2D eigenvalue weighted by molar-refractivity contribution is -0.138. The fourth-order valence-electron chi connectivity index (χ4n) is 2.40. The molecule has 0 aromatic heterocycles. The Hall–Kier alpha value is -1.81. The molecule has 0 amide bonds. The first-order chi connectivity index (χ1) is 9.29. The van der Waals surface area contributed by atoms with Crippen molar-refractivity contribution < 1.29 is 13.2 Å². The van der Waals surface area contributed by atoms with E-state index < -0.39 is 17.8 Å². The van der Waals surface area contributed by atoms with Gasteiger partial charge < -0.3 is 5.73 Å². The number of halogens is 3. The van der Waals surface area contributed by atoms with Gasteiger partial charge in [-0.25, -0.2) is 0 Å². The Labute approximate surface area is 116 Å². The minimum atomic E-state index is -4.40. The monoisotopic (exact) mass is 279 g/mol. The molecule has 0 aliphatic heterocycles. The van der Waals surface area contributed by atoms with Crippen LogP contribution in [0.4, 0.5) is 13.2 Å². The van der Waals surface area contributed by atoms with Crippen LogP contribution in [0, 0.1) is 13.8 Å². The Morgan fingerprint density at radius 1 is 0.950 bits per heavy atom. The first-order valence-electron chi connectivity index (χ1n) is 6.29. The van der Waals surface area contributed by atoms with Gasteiger partial charge in [0.05, 0.1) is 11.6 Å². The molecule has 2 aromatic rings. The third-order valence-electron chi connectivity index (χ3n) is 3.20. The van der Waals surface area contributed by atoms with Gasteiger partial charge in [0.1, 0.15) is 0 Å². The summed E-state index contributed by atoms with van der Waals surface area (Å²) in [6.45, 7) is 3.80. The number of aryl methyl sites for hydroxylation is 2. The van der Waals surface area contributed by atoms with Crippen LogP contribution in [-0.4, -0.2) is 0 Å². The summed E-state index contributed by atoms with van der Waals surface area (Å²) in [5.74, 6) is 0. The number of alkyl halides is 3. The van der Waals surface area contributed by atoms with Crippen LogP contribution >= 0.6 is 0 Å². The second-order valence-electron chi connectivity index (χ2n) is 4.98. The highest BCUT2D eigenvalue weighted by molar-refractivity contribution is 5.41. The molecule has 0 heterocycles. The minimum absolute atomic E-state index is 0.102. The Morgan fingerprint density at radius 2 is 1.50 bits per heavy atom. The van der Waals surface area contributed by atoms with Crippen molar-refractivity contribution in [3.05, 3.63) is 70.3 Å². The average molecular weight is 279 g/mol. The Kier molecular flexibility index (Phi) is 3.86. The predicted molar refractivity (Wildman–Crippen MR) is 73.4 cm³/mol. The Morgan fingerprint density at radius 3 is 2.05 bits per heavy atom. The third kappa shape index (κ3) is 3.02. The molecule has 2 rings (SSSR count). The maximum absolute atomic E-state index is 13.0. The molecule has 0 radical (unpaired) electrons. The van der Waals surface area contributed by atoms with Gasteiger partial charge in [-0.1, -0.05) is 47.5 Å². The maximum Gasteiger partial charge on any atom is 0.416 e. The van der Waals surface area contributed by atoms with Crippen molar-refractivity contribution in [2.45, 2.75) is 26.1 Å². The van der Waals surface area contributed by atoms with Crippen LogP contribution in [0.1, 0.15) is 33.9 Å². The van der Waals surface area contributed by atoms with Gasteiger partial charge >= 0.3 is 6.18 Å². The summed E-state index contributed by atoms with van der Waals surface area (Å²) in [6.07, 6.45) is -4.40. The van der Waals surface area contributed by atoms with E-state index in [0.29, 0.717) is 5.56 Å². The van der Waals surface area contributed by atoms with Crippen LogP contribution in [0.5, 0.6) is 0 Å². The highest BCUT2D eigenvalue weighted by Crippen LogP contribution is 2.35. The van der Waals surface area contributed by atoms with Crippen LogP contribution in [-0.2, 0) is 6.18 Å². The second-order valence-corrected chi connectivity index (χ2v) is 4.98. The smallest absolute Gasteiger partial charge is 0.320 e. The summed E-state index contributed by atoms with van der Waals surface area (Å²) >= 11 is 0. The lowest BCUT2D eigenvalue weighted by Gasteiger charge is -2.19.